The van der Waals surface area contributed by atoms with Crippen LogP contribution in [0.5, 0.6) is 0 Å². The minimum absolute atomic E-state index is 0.527. The summed E-state index contributed by atoms with van der Waals surface area (Å²) >= 11 is 0. The van der Waals surface area contributed by atoms with Crippen LogP contribution in [0.25, 0.3) is 10.9 Å². The summed E-state index contributed by atoms with van der Waals surface area (Å²) in [7, 11) is 0. The summed E-state index contributed by atoms with van der Waals surface area (Å²) in [5.74, 6) is 1.09. The molecule has 2 heterocycles. The number of anilines is 1. The number of benzene rings is 2. The van der Waals surface area contributed by atoms with Gasteiger partial charge < -0.3 is 10.2 Å². The summed E-state index contributed by atoms with van der Waals surface area (Å²) in [4.78, 5) is 7.21. The third kappa shape index (κ3) is 3.26. The van der Waals surface area contributed by atoms with Crippen LogP contribution in [-0.2, 0) is 6.54 Å². The van der Waals surface area contributed by atoms with Gasteiger partial charge in [0.2, 0.25) is 0 Å². The second kappa shape index (κ2) is 6.62. The minimum Gasteiger partial charge on any atom is -0.355 e. The van der Waals surface area contributed by atoms with Crippen molar-refractivity contribution in [1.82, 2.24) is 10.3 Å². The van der Waals surface area contributed by atoms with E-state index in [4.69, 9.17) is 4.98 Å². The zero-order valence-electron chi connectivity index (χ0n) is 14.1. The fraction of sp³-hybridized carbons (Fsp3) is 0.286. The number of hydrogen-bond donors (Lipinski definition) is 1. The van der Waals surface area contributed by atoms with Gasteiger partial charge in [0, 0.05) is 31.1 Å². The Kier molecular flexibility index (Phi) is 4.18. The monoisotopic (exact) mass is 317 g/mol. The number of aromatic nitrogens is 1. The highest BCUT2D eigenvalue weighted by molar-refractivity contribution is 5.80. The largest absolute Gasteiger partial charge is 0.355 e. The van der Waals surface area contributed by atoms with Crippen molar-refractivity contribution in [3.63, 3.8) is 0 Å². The Labute approximate surface area is 143 Å². The van der Waals surface area contributed by atoms with E-state index >= 15 is 0 Å². The van der Waals surface area contributed by atoms with Gasteiger partial charge in [0.15, 0.2) is 0 Å². The average Bonchev–Trinajstić information content (AvgIpc) is 3.10. The lowest BCUT2D eigenvalue weighted by molar-refractivity contribution is 0.551. The van der Waals surface area contributed by atoms with E-state index in [-0.39, 0.29) is 0 Å². The number of pyridine rings is 1. The van der Waals surface area contributed by atoms with E-state index in [1.54, 1.807) is 0 Å². The molecule has 0 aliphatic carbocycles. The van der Waals surface area contributed by atoms with Crippen LogP contribution in [0.15, 0.2) is 60.7 Å². The van der Waals surface area contributed by atoms with E-state index in [0.717, 1.165) is 31.0 Å². The topological polar surface area (TPSA) is 28.2 Å². The van der Waals surface area contributed by atoms with Crippen LogP contribution in [0, 0.1) is 6.92 Å². The van der Waals surface area contributed by atoms with Gasteiger partial charge in [0.25, 0.3) is 0 Å². The molecule has 1 aromatic heterocycles. The molecular formula is C21H23N3. The number of nitrogens with zero attached hydrogens (tertiary/aromatic N) is 2. The van der Waals surface area contributed by atoms with Gasteiger partial charge in [-0.15, -0.1) is 0 Å². The van der Waals surface area contributed by atoms with Crippen LogP contribution < -0.4 is 10.2 Å². The van der Waals surface area contributed by atoms with Crippen LogP contribution >= 0.6 is 0 Å². The standard InChI is InChI=1S/C21H23N3/c1-16-6-8-17(9-7-16)14-22-19-12-13-24(15-19)21-11-10-18-4-2-3-5-20(18)23-21/h2-11,19,22H,12-15H2,1H3. The van der Waals surface area contributed by atoms with Gasteiger partial charge in [-0.3, -0.25) is 0 Å². The van der Waals surface area contributed by atoms with Crippen molar-refractivity contribution >= 4 is 16.7 Å². The van der Waals surface area contributed by atoms with Gasteiger partial charge in [0.1, 0.15) is 5.82 Å². The van der Waals surface area contributed by atoms with Crippen molar-refractivity contribution in [3.05, 3.63) is 71.8 Å². The Hall–Kier alpha value is -2.39. The summed E-state index contributed by atoms with van der Waals surface area (Å²) in [5.41, 5.74) is 3.74. The maximum Gasteiger partial charge on any atom is 0.129 e. The molecule has 1 atom stereocenters. The van der Waals surface area contributed by atoms with Gasteiger partial charge in [0.05, 0.1) is 5.52 Å². The second-order valence-electron chi connectivity index (χ2n) is 6.66. The third-order valence-corrected chi connectivity index (χ3v) is 4.81. The van der Waals surface area contributed by atoms with E-state index in [1.807, 2.05) is 0 Å². The molecule has 0 spiro atoms. The molecule has 1 unspecified atom stereocenters. The molecule has 0 amide bonds. The maximum atomic E-state index is 4.82. The van der Waals surface area contributed by atoms with Crippen molar-refractivity contribution in [2.24, 2.45) is 0 Å². The van der Waals surface area contributed by atoms with Crippen molar-refractivity contribution in [3.8, 4) is 0 Å². The molecule has 3 heteroatoms. The summed E-state index contributed by atoms with van der Waals surface area (Å²) in [6, 6.07) is 21.9. The zero-order valence-corrected chi connectivity index (χ0v) is 14.1. The molecule has 3 aromatic rings. The van der Waals surface area contributed by atoms with E-state index < -0.39 is 0 Å². The molecule has 122 valence electrons. The Morgan fingerprint density at radius 2 is 1.88 bits per heavy atom. The van der Waals surface area contributed by atoms with Crippen LogP contribution in [0.1, 0.15) is 17.5 Å². The van der Waals surface area contributed by atoms with Crippen molar-refractivity contribution in [1.29, 1.82) is 0 Å². The van der Waals surface area contributed by atoms with Gasteiger partial charge in [-0.05, 0) is 37.1 Å². The average molecular weight is 317 g/mol. The zero-order chi connectivity index (χ0) is 16.4. The lowest BCUT2D eigenvalue weighted by Crippen LogP contribution is -2.32. The van der Waals surface area contributed by atoms with Crippen LogP contribution in [0.2, 0.25) is 0 Å². The summed E-state index contributed by atoms with van der Waals surface area (Å²) in [5, 5.41) is 4.89. The lowest BCUT2D eigenvalue weighted by atomic mass is 10.1. The number of fused-ring (bicyclic) bond motifs is 1. The first kappa shape index (κ1) is 15.2. The molecule has 0 saturated carbocycles. The first-order valence-corrected chi connectivity index (χ1v) is 8.67. The van der Waals surface area contributed by atoms with E-state index in [1.165, 1.54) is 22.9 Å². The maximum absolute atomic E-state index is 4.82. The molecule has 0 bridgehead atoms. The lowest BCUT2D eigenvalue weighted by Gasteiger charge is -2.18. The molecule has 1 aliphatic rings. The fourth-order valence-electron chi connectivity index (χ4n) is 3.33. The number of hydrogen-bond acceptors (Lipinski definition) is 3. The second-order valence-corrected chi connectivity index (χ2v) is 6.66. The van der Waals surface area contributed by atoms with Crippen LogP contribution in [0.4, 0.5) is 5.82 Å². The van der Waals surface area contributed by atoms with Crippen molar-refractivity contribution in [2.45, 2.75) is 25.9 Å². The quantitative estimate of drug-likeness (QED) is 0.791. The first-order valence-electron chi connectivity index (χ1n) is 8.67. The number of rotatable bonds is 4. The highest BCUT2D eigenvalue weighted by atomic mass is 15.2. The summed E-state index contributed by atoms with van der Waals surface area (Å²) < 4.78 is 0. The molecule has 3 nitrogen and oxygen atoms in total. The molecule has 1 aliphatic heterocycles. The highest BCUT2D eigenvalue weighted by Crippen LogP contribution is 2.22. The Bertz CT molecular complexity index is 826. The van der Waals surface area contributed by atoms with E-state index in [9.17, 15) is 0 Å². The van der Waals surface area contributed by atoms with Crippen LogP contribution in [0.3, 0.4) is 0 Å². The van der Waals surface area contributed by atoms with Crippen LogP contribution in [-0.4, -0.2) is 24.1 Å². The molecule has 2 aromatic carbocycles. The fourth-order valence-corrected chi connectivity index (χ4v) is 3.33. The van der Waals surface area contributed by atoms with Crippen molar-refractivity contribution in [2.75, 3.05) is 18.0 Å². The summed E-state index contributed by atoms with van der Waals surface area (Å²) in [6.07, 6.45) is 1.17. The molecule has 1 N–H and O–H groups in total. The molecule has 1 fully saturated rings. The highest BCUT2D eigenvalue weighted by Gasteiger charge is 2.23. The number of para-hydroxylation sites is 1. The van der Waals surface area contributed by atoms with E-state index in [0.29, 0.717) is 6.04 Å². The first-order chi connectivity index (χ1) is 11.8. The molecule has 1 saturated heterocycles. The van der Waals surface area contributed by atoms with Gasteiger partial charge >= 0.3 is 0 Å². The minimum atomic E-state index is 0.527. The molecular weight excluding hydrogens is 294 g/mol. The normalized spacial score (nSPS) is 17.5. The van der Waals surface area contributed by atoms with Gasteiger partial charge in [-0.2, -0.15) is 0 Å². The predicted molar refractivity (Wildman–Crippen MR) is 100 cm³/mol. The molecule has 24 heavy (non-hydrogen) atoms. The molecule has 0 radical (unpaired) electrons. The Morgan fingerprint density at radius 3 is 2.75 bits per heavy atom. The molecule has 4 rings (SSSR count). The summed E-state index contributed by atoms with van der Waals surface area (Å²) in [6.45, 7) is 5.15. The third-order valence-electron chi connectivity index (χ3n) is 4.81. The smallest absolute Gasteiger partial charge is 0.129 e. The Morgan fingerprint density at radius 1 is 1.04 bits per heavy atom. The van der Waals surface area contributed by atoms with E-state index in [2.05, 4.69) is 77.8 Å². The Balaban J connectivity index is 1.39. The predicted octanol–water partition coefficient (Wildman–Crippen LogP) is 3.91. The van der Waals surface area contributed by atoms with Gasteiger partial charge in [-0.25, -0.2) is 4.98 Å². The number of aryl methyl sites for hydroxylation is 1. The van der Waals surface area contributed by atoms with Gasteiger partial charge in [-0.1, -0.05) is 48.0 Å². The number of nitrogens with one attached hydrogen (secondary N) is 1. The SMILES string of the molecule is Cc1ccc(CNC2CCN(c3ccc4ccccc4n3)C2)cc1. The van der Waals surface area contributed by atoms with Crippen molar-refractivity contribution < 1.29 is 0 Å².